The van der Waals surface area contributed by atoms with E-state index in [2.05, 4.69) is 20.8 Å². The number of hydrogen-bond acceptors (Lipinski definition) is 2. The van der Waals surface area contributed by atoms with Crippen molar-refractivity contribution >= 4 is 5.97 Å². The Morgan fingerprint density at radius 1 is 0.548 bits per heavy atom. The van der Waals surface area contributed by atoms with Crippen LogP contribution in [0, 0.1) is 5.92 Å². The second-order valence-corrected chi connectivity index (χ2v) is 10.0. The van der Waals surface area contributed by atoms with E-state index in [9.17, 15) is 4.79 Å². The number of carbonyl (C=O) groups is 1. The van der Waals surface area contributed by atoms with Crippen LogP contribution < -0.4 is 0 Å². The number of hydrogen-bond donors (Lipinski definition) is 0. The van der Waals surface area contributed by atoms with E-state index < -0.39 is 0 Å². The highest BCUT2D eigenvalue weighted by Gasteiger charge is 2.08. The molecule has 1 atom stereocenters. The Bertz CT molecular complexity index is 353. The number of rotatable bonds is 25. The Hall–Kier alpha value is -0.530. The van der Waals surface area contributed by atoms with Gasteiger partial charge >= 0.3 is 5.97 Å². The molecule has 2 nitrogen and oxygen atoms in total. The van der Waals surface area contributed by atoms with Gasteiger partial charge in [0.15, 0.2) is 0 Å². The Kier molecular flexibility index (Phi) is 25.3. The van der Waals surface area contributed by atoms with Crippen LogP contribution in [0.25, 0.3) is 0 Å². The lowest BCUT2D eigenvalue weighted by Gasteiger charge is -2.11. The summed E-state index contributed by atoms with van der Waals surface area (Å²) in [5, 5.41) is 0. The predicted octanol–water partition coefficient (Wildman–Crippen LogP) is 10.2. The van der Waals surface area contributed by atoms with Gasteiger partial charge in [-0.15, -0.1) is 0 Å². The van der Waals surface area contributed by atoms with Crippen LogP contribution in [0.3, 0.4) is 0 Å². The fourth-order valence-corrected chi connectivity index (χ4v) is 4.34. The van der Waals surface area contributed by atoms with E-state index in [1.54, 1.807) is 0 Å². The van der Waals surface area contributed by atoms with Gasteiger partial charge in [0.1, 0.15) is 0 Å². The Morgan fingerprint density at radius 3 is 1.39 bits per heavy atom. The van der Waals surface area contributed by atoms with Crippen LogP contribution in [0.2, 0.25) is 0 Å². The highest BCUT2D eigenvalue weighted by atomic mass is 16.5. The maximum Gasteiger partial charge on any atom is 0.305 e. The van der Waals surface area contributed by atoms with Gasteiger partial charge in [-0.05, 0) is 18.8 Å². The minimum Gasteiger partial charge on any atom is -0.466 e. The normalized spacial score (nSPS) is 12.2. The second kappa shape index (κ2) is 25.7. The zero-order valence-corrected chi connectivity index (χ0v) is 21.9. The molecule has 0 aromatic rings. The van der Waals surface area contributed by atoms with Crippen LogP contribution in [0.15, 0.2) is 0 Å². The van der Waals surface area contributed by atoms with Gasteiger partial charge in [-0.1, -0.05) is 149 Å². The fraction of sp³-hybridized carbons (Fsp3) is 0.966. The Labute approximate surface area is 196 Å². The van der Waals surface area contributed by atoms with Crippen molar-refractivity contribution < 1.29 is 9.53 Å². The average Bonchev–Trinajstić information content (AvgIpc) is 2.77. The van der Waals surface area contributed by atoms with Gasteiger partial charge in [0.2, 0.25) is 0 Å². The van der Waals surface area contributed by atoms with Gasteiger partial charge in [-0.3, -0.25) is 4.79 Å². The third-order valence-corrected chi connectivity index (χ3v) is 6.65. The van der Waals surface area contributed by atoms with Crippen LogP contribution in [0.4, 0.5) is 0 Å². The lowest BCUT2D eigenvalue weighted by molar-refractivity contribution is -0.144. The summed E-state index contributed by atoms with van der Waals surface area (Å²) in [4.78, 5) is 11.9. The highest BCUT2D eigenvalue weighted by molar-refractivity contribution is 5.69. The van der Waals surface area contributed by atoms with E-state index in [4.69, 9.17) is 4.74 Å². The molecule has 0 aliphatic heterocycles. The predicted molar refractivity (Wildman–Crippen MR) is 138 cm³/mol. The molecule has 2 heteroatoms. The first-order valence-corrected chi connectivity index (χ1v) is 14.4. The van der Waals surface area contributed by atoms with Gasteiger partial charge in [-0.2, -0.15) is 0 Å². The number of esters is 1. The van der Waals surface area contributed by atoms with Crippen LogP contribution >= 0.6 is 0 Å². The minimum atomic E-state index is 0.0180. The molecule has 0 unspecified atom stereocenters. The molecule has 0 aliphatic carbocycles. The van der Waals surface area contributed by atoms with Gasteiger partial charge in [0, 0.05) is 6.42 Å². The molecule has 0 heterocycles. The average molecular weight is 439 g/mol. The molecule has 186 valence electrons. The molecule has 0 fully saturated rings. The van der Waals surface area contributed by atoms with Gasteiger partial charge in [0.05, 0.1) is 6.61 Å². The number of unbranched alkanes of at least 4 members (excludes halogenated alkanes) is 18. The van der Waals surface area contributed by atoms with Gasteiger partial charge in [-0.25, -0.2) is 0 Å². The summed E-state index contributed by atoms with van der Waals surface area (Å²) in [6, 6.07) is 0. The molecule has 0 N–H and O–H groups in total. The molecule has 0 spiro atoms. The van der Waals surface area contributed by atoms with E-state index in [1.807, 2.05) is 0 Å². The SMILES string of the molecule is CCCCCCCCCCCCCCCCOC(=O)CC[C@H](C)CCCCCCCC. The molecule has 0 aromatic carbocycles. The number of carbonyl (C=O) groups excluding carboxylic acids is 1. The van der Waals surface area contributed by atoms with Crippen molar-refractivity contribution in [1.82, 2.24) is 0 Å². The zero-order valence-electron chi connectivity index (χ0n) is 21.9. The standard InChI is InChI=1S/C29H58O2/c1-4-6-8-10-12-13-14-15-16-17-18-19-21-23-27-31-29(30)26-25-28(3)24-22-20-11-9-7-5-2/h28H,4-27H2,1-3H3/t28-/m1/s1. The first-order chi connectivity index (χ1) is 15.2. The van der Waals surface area contributed by atoms with Crippen molar-refractivity contribution in [2.75, 3.05) is 6.61 Å². The maximum absolute atomic E-state index is 11.9. The lowest BCUT2D eigenvalue weighted by Crippen LogP contribution is -2.08. The molecular weight excluding hydrogens is 380 g/mol. The molecule has 31 heavy (non-hydrogen) atoms. The summed E-state index contributed by atoms with van der Waals surface area (Å²) < 4.78 is 5.43. The summed E-state index contributed by atoms with van der Waals surface area (Å²) in [5.74, 6) is 0.671. The number of ether oxygens (including phenoxy) is 1. The molecule has 0 saturated heterocycles. The van der Waals surface area contributed by atoms with Crippen molar-refractivity contribution in [3.8, 4) is 0 Å². The second-order valence-electron chi connectivity index (χ2n) is 10.0. The summed E-state index contributed by atoms with van der Waals surface area (Å²) in [7, 11) is 0. The minimum absolute atomic E-state index is 0.0180. The van der Waals surface area contributed by atoms with E-state index in [1.165, 1.54) is 128 Å². The molecule has 0 aromatic heterocycles. The smallest absolute Gasteiger partial charge is 0.305 e. The van der Waals surface area contributed by atoms with Crippen LogP contribution in [-0.2, 0) is 9.53 Å². The van der Waals surface area contributed by atoms with Crippen molar-refractivity contribution in [3.63, 3.8) is 0 Å². The zero-order chi connectivity index (χ0) is 22.8. The van der Waals surface area contributed by atoms with Crippen molar-refractivity contribution in [2.24, 2.45) is 5.92 Å². The fourth-order valence-electron chi connectivity index (χ4n) is 4.34. The van der Waals surface area contributed by atoms with E-state index in [0.717, 1.165) is 12.8 Å². The highest BCUT2D eigenvalue weighted by Crippen LogP contribution is 2.17. The monoisotopic (exact) mass is 438 g/mol. The molecule has 0 radical (unpaired) electrons. The molecule has 0 aliphatic rings. The quantitative estimate of drug-likeness (QED) is 0.105. The molecule has 0 rings (SSSR count). The summed E-state index contributed by atoms with van der Waals surface area (Å²) in [6.45, 7) is 7.46. The molecule has 0 amide bonds. The van der Waals surface area contributed by atoms with Gasteiger partial charge in [0.25, 0.3) is 0 Å². The Balaban J connectivity index is 3.25. The summed E-state index contributed by atoms with van der Waals surface area (Å²) in [5.41, 5.74) is 0. The molecule has 0 bridgehead atoms. The molecular formula is C29H58O2. The summed E-state index contributed by atoms with van der Waals surface area (Å²) in [6.07, 6.45) is 30.0. The first-order valence-electron chi connectivity index (χ1n) is 14.4. The van der Waals surface area contributed by atoms with Crippen molar-refractivity contribution in [1.29, 1.82) is 0 Å². The van der Waals surface area contributed by atoms with Crippen LogP contribution in [0.1, 0.15) is 168 Å². The van der Waals surface area contributed by atoms with E-state index in [-0.39, 0.29) is 5.97 Å². The van der Waals surface area contributed by atoms with E-state index in [0.29, 0.717) is 18.9 Å². The Morgan fingerprint density at radius 2 is 0.935 bits per heavy atom. The third-order valence-electron chi connectivity index (χ3n) is 6.65. The maximum atomic E-state index is 11.9. The largest absolute Gasteiger partial charge is 0.466 e. The topological polar surface area (TPSA) is 26.3 Å². The van der Waals surface area contributed by atoms with Crippen molar-refractivity contribution in [2.45, 2.75) is 168 Å². The summed E-state index contributed by atoms with van der Waals surface area (Å²) >= 11 is 0. The van der Waals surface area contributed by atoms with Crippen LogP contribution in [0.5, 0.6) is 0 Å². The third kappa shape index (κ3) is 25.6. The first kappa shape index (κ1) is 30.5. The van der Waals surface area contributed by atoms with Gasteiger partial charge < -0.3 is 4.74 Å². The van der Waals surface area contributed by atoms with E-state index >= 15 is 0 Å². The molecule has 0 saturated carbocycles. The lowest BCUT2D eigenvalue weighted by atomic mass is 9.97. The van der Waals surface area contributed by atoms with Crippen LogP contribution in [-0.4, -0.2) is 12.6 Å². The van der Waals surface area contributed by atoms with Crippen molar-refractivity contribution in [3.05, 3.63) is 0 Å².